The first-order chi connectivity index (χ1) is 8.27. The summed E-state index contributed by atoms with van der Waals surface area (Å²) in [5.74, 6) is -1.21. The van der Waals surface area contributed by atoms with Crippen LogP contribution < -0.4 is 0 Å². The highest BCUT2D eigenvalue weighted by Gasteiger charge is 2.46. The monoisotopic (exact) mass is 244 g/mol. The van der Waals surface area contributed by atoms with E-state index in [-0.39, 0.29) is 0 Å². The third-order valence-corrected chi connectivity index (χ3v) is 3.37. The van der Waals surface area contributed by atoms with Crippen LogP contribution in [0.5, 0.6) is 0 Å². The van der Waals surface area contributed by atoms with Gasteiger partial charge in [-0.15, -0.1) is 0 Å². The topological polar surface area (TPSA) is 45.3 Å². The van der Waals surface area contributed by atoms with Crippen molar-refractivity contribution in [1.82, 2.24) is 0 Å². The maximum absolute atomic E-state index is 9.23. The normalized spacial score (nSPS) is 17.3. The van der Waals surface area contributed by atoms with Gasteiger partial charge in [-0.05, 0) is 6.42 Å². The van der Waals surface area contributed by atoms with E-state index in [1.807, 2.05) is 0 Å². The fourth-order valence-electron chi connectivity index (χ4n) is 2.14. The Morgan fingerprint density at radius 3 is 1.53 bits per heavy atom. The van der Waals surface area contributed by atoms with Gasteiger partial charge in [-0.2, -0.15) is 9.78 Å². The Kier molecular flexibility index (Phi) is 7.82. The Labute approximate surface area is 105 Å². The molecule has 0 bridgehead atoms. The van der Waals surface area contributed by atoms with Crippen molar-refractivity contribution in [2.75, 3.05) is 0 Å². The molecule has 0 aromatic rings. The molecule has 0 aromatic carbocycles. The number of aliphatic hydroxyl groups is 1. The molecule has 0 amide bonds. The summed E-state index contributed by atoms with van der Waals surface area (Å²) in [7, 11) is 0. The van der Waals surface area contributed by atoms with Gasteiger partial charge in [0, 0.05) is 6.42 Å². The third kappa shape index (κ3) is 8.58. The number of hydrogen-bond donors (Lipinski definition) is 1. The van der Waals surface area contributed by atoms with Gasteiger partial charge in [0.05, 0.1) is 0 Å². The summed E-state index contributed by atoms with van der Waals surface area (Å²) in [6.07, 6.45) is 15.1. The summed E-state index contributed by atoms with van der Waals surface area (Å²) in [4.78, 5) is 8.89. The van der Waals surface area contributed by atoms with Crippen LogP contribution in [0.3, 0.4) is 0 Å². The van der Waals surface area contributed by atoms with E-state index in [9.17, 15) is 5.11 Å². The van der Waals surface area contributed by atoms with Gasteiger partial charge in [0.15, 0.2) is 0 Å². The van der Waals surface area contributed by atoms with E-state index in [0.717, 1.165) is 6.42 Å². The molecule has 0 atom stereocenters. The molecular weight excluding hydrogens is 216 g/mol. The van der Waals surface area contributed by atoms with Crippen molar-refractivity contribution in [2.45, 2.75) is 89.9 Å². The molecule has 1 aliphatic heterocycles. The summed E-state index contributed by atoms with van der Waals surface area (Å²) in [5, 5.41) is 9.23. The van der Waals surface area contributed by atoms with Crippen molar-refractivity contribution in [2.24, 2.45) is 0 Å². The molecular formula is C14H28O3. The predicted molar refractivity (Wildman–Crippen MR) is 68.2 cm³/mol. The van der Waals surface area contributed by atoms with Crippen LogP contribution in [-0.2, 0) is 9.78 Å². The van der Waals surface area contributed by atoms with E-state index in [2.05, 4.69) is 16.7 Å². The lowest BCUT2D eigenvalue weighted by Gasteiger charge is -2.02. The highest BCUT2D eigenvalue weighted by atomic mass is 17.4. The van der Waals surface area contributed by atoms with Crippen molar-refractivity contribution >= 4 is 0 Å². The fourth-order valence-corrected chi connectivity index (χ4v) is 2.14. The maximum atomic E-state index is 9.23. The third-order valence-electron chi connectivity index (χ3n) is 3.37. The average molecular weight is 244 g/mol. The Balaban J connectivity index is 1.67. The molecule has 0 radical (unpaired) electrons. The van der Waals surface area contributed by atoms with Gasteiger partial charge in [-0.3, -0.25) is 0 Å². The van der Waals surface area contributed by atoms with Crippen LogP contribution in [0.4, 0.5) is 0 Å². The highest BCUT2D eigenvalue weighted by molar-refractivity contribution is 4.58. The van der Waals surface area contributed by atoms with E-state index in [1.54, 1.807) is 0 Å². The van der Waals surface area contributed by atoms with Gasteiger partial charge in [-0.25, -0.2) is 0 Å². The smallest absolute Gasteiger partial charge is 0.337 e. The molecule has 17 heavy (non-hydrogen) atoms. The molecule has 0 saturated carbocycles. The lowest BCUT2D eigenvalue weighted by atomic mass is 10.1. The molecule has 0 unspecified atom stereocenters. The molecule has 1 saturated heterocycles. The van der Waals surface area contributed by atoms with Gasteiger partial charge in [0.2, 0.25) is 0 Å². The molecule has 102 valence electrons. The zero-order valence-corrected chi connectivity index (χ0v) is 11.2. The van der Waals surface area contributed by atoms with Gasteiger partial charge in [0.1, 0.15) is 0 Å². The van der Waals surface area contributed by atoms with Gasteiger partial charge >= 0.3 is 5.97 Å². The SMILES string of the molecule is CCCCCCCCCCCCCC1(O)OO1. The number of rotatable bonds is 12. The molecule has 3 heteroatoms. The highest BCUT2D eigenvalue weighted by Crippen LogP contribution is 2.31. The van der Waals surface area contributed by atoms with Crippen molar-refractivity contribution in [3.05, 3.63) is 0 Å². The van der Waals surface area contributed by atoms with Crippen molar-refractivity contribution in [1.29, 1.82) is 0 Å². The molecule has 0 aliphatic carbocycles. The first-order valence-corrected chi connectivity index (χ1v) is 7.36. The Morgan fingerprint density at radius 1 is 0.706 bits per heavy atom. The first kappa shape index (κ1) is 14.9. The van der Waals surface area contributed by atoms with Crippen LogP contribution in [0.1, 0.15) is 84.0 Å². The van der Waals surface area contributed by atoms with Gasteiger partial charge in [-0.1, -0.05) is 71.1 Å². The molecule has 1 aliphatic rings. The summed E-state index contributed by atoms with van der Waals surface area (Å²) in [5.41, 5.74) is 0. The minimum absolute atomic E-state index is 0.615. The minimum atomic E-state index is -1.21. The van der Waals surface area contributed by atoms with Crippen LogP contribution >= 0.6 is 0 Å². The predicted octanol–water partition coefficient (Wildman–Crippen LogP) is 4.30. The molecule has 1 N–H and O–H groups in total. The molecule has 1 rings (SSSR count). The average Bonchev–Trinajstić information content (AvgIpc) is 3.05. The summed E-state index contributed by atoms with van der Waals surface area (Å²) < 4.78 is 0. The van der Waals surface area contributed by atoms with Crippen molar-refractivity contribution in [3.8, 4) is 0 Å². The van der Waals surface area contributed by atoms with E-state index in [0.29, 0.717) is 6.42 Å². The zero-order chi connectivity index (χ0) is 12.4. The summed E-state index contributed by atoms with van der Waals surface area (Å²) >= 11 is 0. The quantitative estimate of drug-likeness (QED) is 0.316. The standard InChI is InChI=1S/C14H28O3/c1-2-3-4-5-6-7-8-9-10-11-12-13-14(15)16-17-14/h15H,2-13H2,1H3. The second-order valence-electron chi connectivity index (χ2n) is 5.16. The Morgan fingerprint density at radius 2 is 1.12 bits per heavy atom. The molecule has 3 nitrogen and oxygen atoms in total. The van der Waals surface area contributed by atoms with Crippen LogP contribution in [0.15, 0.2) is 0 Å². The summed E-state index contributed by atoms with van der Waals surface area (Å²) in [6.45, 7) is 2.26. The number of unbranched alkanes of at least 4 members (excludes halogenated alkanes) is 10. The number of hydrogen-bond acceptors (Lipinski definition) is 3. The van der Waals surface area contributed by atoms with Gasteiger partial charge < -0.3 is 5.11 Å². The van der Waals surface area contributed by atoms with E-state index >= 15 is 0 Å². The van der Waals surface area contributed by atoms with Crippen molar-refractivity contribution < 1.29 is 14.9 Å². The van der Waals surface area contributed by atoms with Crippen LogP contribution in [-0.4, -0.2) is 11.1 Å². The summed E-state index contributed by atoms with van der Waals surface area (Å²) in [6, 6.07) is 0. The van der Waals surface area contributed by atoms with Crippen LogP contribution in [0.2, 0.25) is 0 Å². The van der Waals surface area contributed by atoms with E-state index in [4.69, 9.17) is 0 Å². The zero-order valence-electron chi connectivity index (χ0n) is 11.2. The molecule has 1 heterocycles. The minimum Gasteiger partial charge on any atom is -0.340 e. The lowest BCUT2D eigenvalue weighted by Crippen LogP contribution is -2.07. The molecule has 0 spiro atoms. The van der Waals surface area contributed by atoms with Crippen LogP contribution in [0.25, 0.3) is 0 Å². The fraction of sp³-hybridized carbons (Fsp3) is 1.00. The van der Waals surface area contributed by atoms with E-state index in [1.165, 1.54) is 64.2 Å². The second kappa shape index (κ2) is 8.90. The largest absolute Gasteiger partial charge is 0.340 e. The maximum Gasteiger partial charge on any atom is 0.337 e. The molecule has 1 fully saturated rings. The van der Waals surface area contributed by atoms with Crippen molar-refractivity contribution in [3.63, 3.8) is 0 Å². The molecule has 0 aromatic heterocycles. The second-order valence-corrected chi connectivity index (χ2v) is 5.16. The van der Waals surface area contributed by atoms with Crippen LogP contribution in [0, 0.1) is 0 Å². The lowest BCUT2D eigenvalue weighted by molar-refractivity contribution is 0.0191. The Bertz CT molecular complexity index is 178. The van der Waals surface area contributed by atoms with E-state index < -0.39 is 5.97 Å². The first-order valence-electron chi connectivity index (χ1n) is 7.36. The Hall–Kier alpha value is -0.120. The van der Waals surface area contributed by atoms with Gasteiger partial charge in [0.25, 0.3) is 0 Å².